The van der Waals surface area contributed by atoms with E-state index in [1.54, 1.807) is 20.8 Å². The predicted molar refractivity (Wildman–Crippen MR) is 119 cm³/mol. The number of nitrogens with two attached hydrogens (primary N) is 1. The monoisotopic (exact) mass is 477 g/mol. The average molecular weight is 478 g/mol. The summed E-state index contributed by atoms with van der Waals surface area (Å²) in [5.41, 5.74) is 5.52. The summed E-state index contributed by atoms with van der Waals surface area (Å²) < 4.78 is 53.1. The summed E-state index contributed by atoms with van der Waals surface area (Å²) in [5.74, 6) is 0.296. The molecule has 1 amide bonds. The highest BCUT2D eigenvalue weighted by Gasteiger charge is 2.16. The molecule has 1 aromatic rings. The number of anilines is 1. The van der Waals surface area contributed by atoms with Gasteiger partial charge in [0.2, 0.25) is 10.0 Å². The number of amides is 1. The normalized spacial score (nSPS) is 11.9. The molecule has 184 valence electrons. The molecule has 0 saturated carbocycles. The van der Waals surface area contributed by atoms with E-state index < -0.39 is 21.7 Å². The zero-order valence-corrected chi connectivity index (χ0v) is 20.0. The highest BCUT2D eigenvalue weighted by atomic mass is 32.2. The van der Waals surface area contributed by atoms with Crippen molar-refractivity contribution in [2.45, 2.75) is 31.3 Å². The van der Waals surface area contributed by atoms with Gasteiger partial charge >= 0.3 is 6.09 Å². The first-order chi connectivity index (χ1) is 15.0. The summed E-state index contributed by atoms with van der Waals surface area (Å²) in [7, 11) is -2.27. The summed E-state index contributed by atoms with van der Waals surface area (Å²) in [6, 6.07) is 4.25. The Morgan fingerprint density at radius 2 is 1.53 bits per heavy atom. The van der Waals surface area contributed by atoms with Crippen LogP contribution in [0.5, 0.6) is 5.75 Å². The van der Waals surface area contributed by atoms with Crippen molar-refractivity contribution >= 4 is 21.8 Å². The van der Waals surface area contributed by atoms with Crippen molar-refractivity contribution in [2.24, 2.45) is 0 Å². The lowest BCUT2D eigenvalue weighted by molar-refractivity contribution is 0.0150. The van der Waals surface area contributed by atoms with Crippen LogP contribution in [0.25, 0.3) is 0 Å². The van der Waals surface area contributed by atoms with Crippen LogP contribution in [0.3, 0.4) is 0 Å². The molecule has 0 bridgehead atoms. The number of hydrogen-bond donors (Lipinski definition) is 3. The van der Waals surface area contributed by atoms with Gasteiger partial charge < -0.3 is 34.7 Å². The molecule has 1 rings (SSSR count). The molecule has 0 radical (unpaired) electrons. The molecule has 0 spiro atoms. The van der Waals surface area contributed by atoms with Gasteiger partial charge in [0.15, 0.2) is 0 Å². The van der Waals surface area contributed by atoms with E-state index in [-0.39, 0.29) is 18.0 Å². The number of alkyl carbamates (subject to hydrolysis) is 1. The molecule has 4 N–H and O–H groups in total. The maximum absolute atomic E-state index is 12.3. The first-order valence-electron chi connectivity index (χ1n) is 10.2. The van der Waals surface area contributed by atoms with Gasteiger partial charge in [-0.15, -0.1) is 0 Å². The third-order valence-electron chi connectivity index (χ3n) is 3.71. The number of methoxy groups -OCH3 is 1. The van der Waals surface area contributed by atoms with Gasteiger partial charge in [-0.25, -0.2) is 17.9 Å². The van der Waals surface area contributed by atoms with Crippen molar-refractivity contribution in [1.29, 1.82) is 0 Å². The van der Waals surface area contributed by atoms with E-state index in [0.29, 0.717) is 51.0 Å². The number of hydrogen-bond acceptors (Lipinski definition) is 9. The molecule has 12 heteroatoms. The van der Waals surface area contributed by atoms with Crippen molar-refractivity contribution in [1.82, 2.24) is 10.0 Å². The van der Waals surface area contributed by atoms with Gasteiger partial charge in [0, 0.05) is 19.2 Å². The number of ether oxygens (including phenoxy) is 5. The second-order valence-electron chi connectivity index (χ2n) is 7.57. The first-order valence-corrected chi connectivity index (χ1v) is 11.7. The highest BCUT2D eigenvalue weighted by molar-refractivity contribution is 7.89. The molecule has 0 unspecified atom stereocenters. The van der Waals surface area contributed by atoms with Crippen molar-refractivity contribution in [2.75, 3.05) is 65.6 Å². The molecule has 1 aromatic carbocycles. The van der Waals surface area contributed by atoms with E-state index in [0.717, 1.165) is 0 Å². The van der Waals surface area contributed by atoms with Gasteiger partial charge in [-0.3, -0.25) is 0 Å². The molecular formula is C20H35N3O8S. The molecule has 11 nitrogen and oxygen atoms in total. The van der Waals surface area contributed by atoms with Crippen molar-refractivity contribution < 1.29 is 36.9 Å². The average Bonchev–Trinajstić information content (AvgIpc) is 2.70. The second kappa shape index (κ2) is 14.1. The van der Waals surface area contributed by atoms with E-state index in [2.05, 4.69) is 10.0 Å². The minimum Gasteiger partial charge on any atom is -0.495 e. The van der Waals surface area contributed by atoms with Crippen LogP contribution in [0.2, 0.25) is 0 Å². The predicted octanol–water partition coefficient (Wildman–Crippen LogP) is 1.13. The maximum Gasteiger partial charge on any atom is 0.407 e. The SMILES string of the molecule is COc1cc(S(=O)(=O)NCCOCCOCCOCCNC(=O)OC(C)(C)C)ccc1N. The topological polar surface area (TPSA) is 147 Å². The molecule has 0 atom stereocenters. The zero-order chi connectivity index (χ0) is 24.0. The standard InChI is InChI=1S/C20H35N3O8S/c1-20(2,3)31-19(24)22-7-9-28-11-13-30-14-12-29-10-8-23-32(25,26)16-5-6-17(21)18(15-16)27-4/h5-6,15,23H,7-14,21H2,1-4H3,(H,22,24). The third kappa shape index (κ3) is 12.1. The van der Waals surface area contributed by atoms with Crippen LogP contribution in [-0.4, -0.2) is 80.0 Å². The Hall–Kier alpha value is -2.12. The first kappa shape index (κ1) is 27.9. The summed E-state index contributed by atoms with van der Waals surface area (Å²) >= 11 is 0. The Morgan fingerprint density at radius 1 is 0.969 bits per heavy atom. The molecular weight excluding hydrogens is 442 g/mol. The molecule has 0 heterocycles. The van der Waals surface area contributed by atoms with Crippen LogP contribution in [0.15, 0.2) is 23.1 Å². The molecule has 0 aliphatic rings. The number of carbonyl (C=O) groups excluding carboxylic acids is 1. The fourth-order valence-electron chi connectivity index (χ4n) is 2.27. The fourth-order valence-corrected chi connectivity index (χ4v) is 3.30. The minimum atomic E-state index is -3.68. The summed E-state index contributed by atoms with van der Waals surface area (Å²) in [6.45, 7) is 7.80. The highest BCUT2D eigenvalue weighted by Crippen LogP contribution is 2.24. The van der Waals surface area contributed by atoms with Crippen LogP contribution in [0.1, 0.15) is 20.8 Å². The van der Waals surface area contributed by atoms with Crippen LogP contribution in [-0.2, 0) is 29.0 Å². The van der Waals surface area contributed by atoms with E-state index >= 15 is 0 Å². The van der Waals surface area contributed by atoms with Crippen molar-refractivity contribution in [3.8, 4) is 5.75 Å². The zero-order valence-electron chi connectivity index (χ0n) is 19.1. The van der Waals surface area contributed by atoms with E-state index in [9.17, 15) is 13.2 Å². The summed E-state index contributed by atoms with van der Waals surface area (Å²) in [6.07, 6.45) is -0.481. The van der Waals surface area contributed by atoms with Gasteiger partial charge in [0.1, 0.15) is 11.4 Å². The van der Waals surface area contributed by atoms with E-state index in [1.165, 1.54) is 25.3 Å². The van der Waals surface area contributed by atoms with Gasteiger partial charge in [0.25, 0.3) is 0 Å². The molecule has 0 aliphatic carbocycles. The van der Waals surface area contributed by atoms with Gasteiger partial charge in [-0.05, 0) is 32.9 Å². The Bertz CT molecular complexity index is 797. The molecule has 32 heavy (non-hydrogen) atoms. The number of nitrogens with one attached hydrogen (secondary N) is 2. The second-order valence-corrected chi connectivity index (χ2v) is 9.33. The lowest BCUT2D eigenvalue weighted by atomic mass is 10.2. The van der Waals surface area contributed by atoms with Crippen LogP contribution < -0.4 is 20.5 Å². The quantitative estimate of drug-likeness (QED) is 0.250. The Balaban J connectivity index is 2.01. The summed E-state index contributed by atoms with van der Waals surface area (Å²) in [4.78, 5) is 11.5. The number of rotatable bonds is 15. The van der Waals surface area contributed by atoms with E-state index in [1.807, 2.05) is 0 Å². The number of nitrogen functional groups attached to an aromatic ring is 1. The number of benzene rings is 1. The maximum atomic E-state index is 12.3. The van der Waals surface area contributed by atoms with Crippen LogP contribution >= 0.6 is 0 Å². The molecule has 0 fully saturated rings. The summed E-state index contributed by atoms with van der Waals surface area (Å²) in [5, 5.41) is 2.59. The van der Waals surface area contributed by atoms with Gasteiger partial charge in [-0.2, -0.15) is 0 Å². The third-order valence-corrected chi connectivity index (χ3v) is 5.17. The Labute approximate surface area is 189 Å². The molecule has 0 aliphatic heterocycles. The largest absolute Gasteiger partial charge is 0.495 e. The van der Waals surface area contributed by atoms with Crippen LogP contribution in [0.4, 0.5) is 10.5 Å². The molecule has 0 aromatic heterocycles. The van der Waals surface area contributed by atoms with Crippen molar-refractivity contribution in [3.05, 3.63) is 18.2 Å². The smallest absolute Gasteiger partial charge is 0.407 e. The van der Waals surface area contributed by atoms with Gasteiger partial charge in [0.05, 0.1) is 57.3 Å². The number of carbonyl (C=O) groups is 1. The lowest BCUT2D eigenvalue weighted by Crippen LogP contribution is -2.34. The van der Waals surface area contributed by atoms with Gasteiger partial charge in [-0.1, -0.05) is 0 Å². The lowest BCUT2D eigenvalue weighted by Gasteiger charge is -2.19. The fraction of sp³-hybridized carbons (Fsp3) is 0.650. The molecule has 0 saturated heterocycles. The van der Waals surface area contributed by atoms with E-state index in [4.69, 9.17) is 29.4 Å². The van der Waals surface area contributed by atoms with Crippen molar-refractivity contribution in [3.63, 3.8) is 0 Å². The minimum absolute atomic E-state index is 0.0631. The van der Waals surface area contributed by atoms with Crippen LogP contribution in [0, 0.1) is 0 Å². The Morgan fingerprint density at radius 3 is 2.09 bits per heavy atom. The Kier molecular flexibility index (Phi) is 12.3. The number of sulfonamides is 1.